The molecule has 1 saturated carbocycles. The number of nitrogens with zero attached hydrogens (tertiary/aromatic N) is 4. The van der Waals surface area contributed by atoms with E-state index in [1.807, 2.05) is 0 Å². The number of alkyl halides is 3. The van der Waals surface area contributed by atoms with Gasteiger partial charge in [0.1, 0.15) is 11.5 Å². The number of pyridine rings is 1. The number of amides is 1. The maximum atomic E-state index is 13.0. The molecule has 0 spiro atoms. The number of fused-ring (bicyclic) bond motifs is 1. The third-order valence-corrected chi connectivity index (χ3v) is 5.13. The SMILES string of the molecule is Nc1ncc(C(=O)NC2CCC(Nc3cccc4nc(C(F)(F)F)cn34)CC2)cn1. The second-order valence-electron chi connectivity index (χ2n) is 7.26. The number of anilines is 2. The van der Waals surface area contributed by atoms with Crippen molar-refractivity contribution in [2.45, 2.75) is 43.9 Å². The van der Waals surface area contributed by atoms with Crippen LogP contribution in [0.5, 0.6) is 0 Å². The monoisotopic (exact) mass is 419 g/mol. The van der Waals surface area contributed by atoms with Crippen molar-refractivity contribution in [3.8, 4) is 0 Å². The van der Waals surface area contributed by atoms with Crippen molar-refractivity contribution in [3.05, 3.63) is 48.0 Å². The molecule has 0 radical (unpaired) electrons. The van der Waals surface area contributed by atoms with Gasteiger partial charge in [0.15, 0.2) is 5.69 Å². The van der Waals surface area contributed by atoms with Gasteiger partial charge in [-0.05, 0) is 37.8 Å². The quantitative estimate of drug-likeness (QED) is 0.600. The molecule has 1 aliphatic rings. The normalized spacial score (nSPS) is 19.6. The Morgan fingerprint density at radius 2 is 1.77 bits per heavy atom. The summed E-state index contributed by atoms with van der Waals surface area (Å²) < 4.78 is 40.3. The molecule has 4 rings (SSSR count). The van der Waals surface area contributed by atoms with Crippen LogP contribution in [-0.2, 0) is 6.18 Å². The van der Waals surface area contributed by atoms with Gasteiger partial charge in [-0.2, -0.15) is 13.2 Å². The number of halogens is 3. The Morgan fingerprint density at radius 3 is 2.43 bits per heavy atom. The molecule has 3 aromatic rings. The lowest BCUT2D eigenvalue weighted by Crippen LogP contribution is -2.40. The highest BCUT2D eigenvalue weighted by Gasteiger charge is 2.34. The molecule has 0 aromatic carbocycles. The summed E-state index contributed by atoms with van der Waals surface area (Å²) in [6.07, 6.45) is 2.28. The first-order chi connectivity index (χ1) is 14.3. The standard InChI is InChI=1S/C19H20F3N7O/c20-19(21,22)14-10-29-15(2-1-3-16(29)28-14)26-12-4-6-13(7-5-12)27-17(30)11-8-24-18(23)25-9-11/h1-3,8-10,12-13,26H,4-7H2,(H,27,30)(H2,23,24,25). The third-order valence-electron chi connectivity index (χ3n) is 5.13. The van der Waals surface area contributed by atoms with Crippen molar-refractivity contribution in [2.75, 3.05) is 11.1 Å². The lowest BCUT2D eigenvalue weighted by atomic mass is 9.91. The lowest BCUT2D eigenvalue weighted by Gasteiger charge is -2.30. The zero-order chi connectivity index (χ0) is 21.3. The maximum absolute atomic E-state index is 13.0. The largest absolute Gasteiger partial charge is 0.434 e. The summed E-state index contributed by atoms with van der Waals surface area (Å²) in [6, 6.07) is 5.03. The number of nitrogens with one attached hydrogen (secondary N) is 2. The summed E-state index contributed by atoms with van der Waals surface area (Å²) in [6.45, 7) is 0. The number of hydrogen-bond acceptors (Lipinski definition) is 6. The third kappa shape index (κ3) is 4.29. The van der Waals surface area contributed by atoms with Crippen molar-refractivity contribution in [1.29, 1.82) is 0 Å². The molecule has 0 unspecified atom stereocenters. The van der Waals surface area contributed by atoms with Crippen LogP contribution in [0.2, 0.25) is 0 Å². The second-order valence-corrected chi connectivity index (χ2v) is 7.26. The van der Waals surface area contributed by atoms with E-state index < -0.39 is 11.9 Å². The maximum Gasteiger partial charge on any atom is 0.434 e. The Hall–Kier alpha value is -3.37. The van der Waals surface area contributed by atoms with E-state index in [-0.39, 0.29) is 29.6 Å². The zero-order valence-corrected chi connectivity index (χ0v) is 15.9. The molecule has 3 aromatic heterocycles. The van der Waals surface area contributed by atoms with Crippen molar-refractivity contribution in [3.63, 3.8) is 0 Å². The molecule has 0 saturated heterocycles. The summed E-state index contributed by atoms with van der Waals surface area (Å²) in [5, 5.41) is 6.27. The van der Waals surface area contributed by atoms with E-state index in [9.17, 15) is 18.0 Å². The van der Waals surface area contributed by atoms with Gasteiger partial charge >= 0.3 is 6.18 Å². The van der Waals surface area contributed by atoms with Crippen LogP contribution < -0.4 is 16.4 Å². The average molecular weight is 419 g/mol. The molecule has 158 valence electrons. The number of nitrogens with two attached hydrogens (primary N) is 1. The van der Waals surface area contributed by atoms with E-state index >= 15 is 0 Å². The van der Waals surface area contributed by atoms with Gasteiger partial charge in [-0.3, -0.25) is 9.20 Å². The Morgan fingerprint density at radius 1 is 1.10 bits per heavy atom. The van der Waals surface area contributed by atoms with Crippen molar-refractivity contribution in [1.82, 2.24) is 24.7 Å². The molecule has 1 amide bonds. The number of imidazole rings is 1. The smallest absolute Gasteiger partial charge is 0.368 e. The van der Waals surface area contributed by atoms with E-state index in [2.05, 4.69) is 25.6 Å². The number of hydrogen-bond donors (Lipinski definition) is 3. The number of carbonyl (C=O) groups excluding carboxylic acids is 1. The number of aromatic nitrogens is 4. The minimum Gasteiger partial charge on any atom is -0.368 e. The molecule has 11 heteroatoms. The second kappa shape index (κ2) is 7.81. The number of carbonyl (C=O) groups is 1. The van der Waals surface area contributed by atoms with E-state index in [1.54, 1.807) is 12.1 Å². The molecule has 3 heterocycles. The summed E-state index contributed by atoms with van der Waals surface area (Å²) in [5.41, 5.74) is 5.08. The zero-order valence-electron chi connectivity index (χ0n) is 15.9. The van der Waals surface area contributed by atoms with Gasteiger partial charge in [0, 0.05) is 30.7 Å². The van der Waals surface area contributed by atoms with Gasteiger partial charge in [-0.1, -0.05) is 6.07 Å². The molecule has 1 fully saturated rings. The first-order valence-electron chi connectivity index (χ1n) is 9.50. The topological polar surface area (TPSA) is 110 Å². The van der Waals surface area contributed by atoms with Crippen molar-refractivity contribution in [2.24, 2.45) is 0 Å². The Balaban J connectivity index is 1.36. The van der Waals surface area contributed by atoms with Gasteiger partial charge in [-0.15, -0.1) is 0 Å². The lowest BCUT2D eigenvalue weighted by molar-refractivity contribution is -0.140. The average Bonchev–Trinajstić information content (AvgIpc) is 3.16. The predicted octanol–water partition coefficient (Wildman–Crippen LogP) is 2.88. The minimum atomic E-state index is -4.49. The highest BCUT2D eigenvalue weighted by atomic mass is 19.4. The highest BCUT2D eigenvalue weighted by Crippen LogP contribution is 2.30. The molecular weight excluding hydrogens is 399 g/mol. The molecule has 30 heavy (non-hydrogen) atoms. The molecular formula is C19H20F3N7O. The Labute approximate surface area is 169 Å². The summed E-state index contributed by atoms with van der Waals surface area (Å²) in [5.74, 6) is 0.407. The van der Waals surface area contributed by atoms with E-state index in [1.165, 1.54) is 22.9 Å². The van der Waals surface area contributed by atoms with Crippen LogP contribution in [0.1, 0.15) is 41.7 Å². The van der Waals surface area contributed by atoms with E-state index in [0.29, 0.717) is 11.4 Å². The van der Waals surface area contributed by atoms with Crippen molar-refractivity contribution < 1.29 is 18.0 Å². The molecule has 4 N–H and O–H groups in total. The molecule has 1 aliphatic carbocycles. The predicted molar refractivity (Wildman–Crippen MR) is 104 cm³/mol. The minimum absolute atomic E-state index is 0.00831. The van der Waals surface area contributed by atoms with Gasteiger partial charge < -0.3 is 16.4 Å². The fraction of sp³-hybridized carbons (Fsp3) is 0.368. The van der Waals surface area contributed by atoms with Gasteiger partial charge in [0.05, 0.1) is 5.56 Å². The fourth-order valence-electron chi connectivity index (χ4n) is 3.58. The van der Waals surface area contributed by atoms with Crippen LogP contribution in [0.15, 0.2) is 36.8 Å². The van der Waals surface area contributed by atoms with E-state index in [0.717, 1.165) is 31.9 Å². The van der Waals surface area contributed by atoms with Crippen LogP contribution in [-0.4, -0.2) is 37.3 Å². The summed E-state index contributed by atoms with van der Waals surface area (Å²) in [7, 11) is 0. The highest BCUT2D eigenvalue weighted by molar-refractivity contribution is 5.93. The molecule has 0 bridgehead atoms. The number of rotatable bonds is 4. The molecule has 0 atom stereocenters. The summed E-state index contributed by atoms with van der Waals surface area (Å²) >= 11 is 0. The number of nitrogen functional groups attached to an aromatic ring is 1. The first kappa shape index (κ1) is 19.9. The van der Waals surface area contributed by atoms with Gasteiger partial charge in [0.25, 0.3) is 5.91 Å². The Bertz CT molecular complexity index is 1040. The Kier molecular flexibility index (Phi) is 5.18. The fourth-order valence-corrected chi connectivity index (χ4v) is 3.58. The van der Waals surface area contributed by atoms with Gasteiger partial charge in [0.2, 0.25) is 5.95 Å². The van der Waals surface area contributed by atoms with Crippen LogP contribution >= 0.6 is 0 Å². The first-order valence-corrected chi connectivity index (χ1v) is 9.50. The van der Waals surface area contributed by atoms with Crippen LogP contribution in [0.3, 0.4) is 0 Å². The van der Waals surface area contributed by atoms with Gasteiger partial charge in [-0.25, -0.2) is 15.0 Å². The van der Waals surface area contributed by atoms with Crippen molar-refractivity contribution >= 4 is 23.3 Å². The van der Waals surface area contributed by atoms with Crippen LogP contribution in [0, 0.1) is 0 Å². The molecule has 8 nitrogen and oxygen atoms in total. The van der Waals surface area contributed by atoms with Crippen LogP contribution in [0.4, 0.5) is 24.9 Å². The molecule has 0 aliphatic heterocycles. The van der Waals surface area contributed by atoms with E-state index in [4.69, 9.17) is 5.73 Å². The van der Waals surface area contributed by atoms with Crippen LogP contribution in [0.25, 0.3) is 5.65 Å². The summed E-state index contributed by atoms with van der Waals surface area (Å²) in [4.78, 5) is 23.5.